The summed E-state index contributed by atoms with van der Waals surface area (Å²) in [4.78, 5) is 0. The van der Waals surface area contributed by atoms with Gasteiger partial charge in [-0.25, -0.2) is 4.39 Å². The number of hydrogen-bond acceptors (Lipinski definition) is 3. The second kappa shape index (κ2) is 5.06. The first kappa shape index (κ1) is 12.8. The van der Waals surface area contributed by atoms with Crippen molar-refractivity contribution in [2.24, 2.45) is 0 Å². The zero-order valence-corrected chi connectivity index (χ0v) is 11.4. The van der Waals surface area contributed by atoms with Crippen LogP contribution in [0.25, 0.3) is 10.8 Å². The van der Waals surface area contributed by atoms with Gasteiger partial charge in [-0.2, -0.15) is 5.10 Å². The lowest BCUT2D eigenvalue weighted by atomic mass is 10.1. The van der Waals surface area contributed by atoms with E-state index in [0.717, 1.165) is 16.5 Å². The van der Waals surface area contributed by atoms with E-state index in [9.17, 15) is 4.39 Å². The van der Waals surface area contributed by atoms with E-state index in [0.29, 0.717) is 11.6 Å². The van der Waals surface area contributed by atoms with Crippen LogP contribution in [0.3, 0.4) is 0 Å². The van der Waals surface area contributed by atoms with Crippen molar-refractivity contribution in [1.82, 2.24) is 10.2 Å². The third kappa shape index (κ3) is 2.30. The first-order valence-corrected chi connectivity index (χ1v) is 6.38. The third-order valence-corrected chi connectivity index (χ3v) is 3.23. The maximum atomic E-state index is 13.0. The minimum atomic E-state index is -0.415. The highest BCUT2D eigenvalue weighted by molar-refractivity contribution is 6.32. The van der Waals surface area contributed by atoms with Crippen molar-refractivity contribution >= 4 is 22.4 Å². The summed E-state index contributed by atoms with van der Waals surface area (Å²) in [6.07, 6.45) is 0. The van der Waals surface area contributed by atoms with Gasteiger partial charge in [-0.15, -0.1) is 5.10 Å². The summed E-state index contributed by atoms with van der Waals surface area (Å²) in [5.74, 6) is 0.276. The molecule has 1 aromatic heterocycles. The van der Waals surface area contributed by atoms with Crippen molar-refractivity contribution in [3.05, 3.63) is 59.0 Å². The summed E-state index contributed by atoms with van der Waals surface area (Å²) in [5.41, 5.74) is 0.818. The van der Waals surface area contributed by atoms with Crippen molar-refractivity contribution in [3.8, 4) is 11.6 Å². The lowest BCUT2D eigenvalue weighted by molar-refractivity contribution is 0.460. The van der Waals surface area contributed by atoms with Crippen LogP contribution >= 0.6 is 11.6 Å². The Balaban J connectivity index is 2.09. The van der Waals surface area contributed by atoms with E-state index in [1.165, 1.54) is 18.2 Å². The van der Waals surface area contributed by atoms with Crippen molar-refractivity contribution < 1.29 is 9.13 Å². The highest BCUT2D eigenvalue weighted by Gasteiger charge is 2.10. The number of nitrogens with zero attached hydrogens (tertiary/aromatic N) is 2. The first-order valence-electron chi connectivity index (χ1n) is 6.00. The van der Waals surface area contributed by atoms with Crippen LogP contribution < -0.4 is 4.74 Å². The zero-order valence-electron chi connectivity index (χ0n) is 10.6. The number of aryl methyl sites for hydroxylation is 1. The monoisotopic (exact) mass is 288 g/mol. The van der Waals surface area contributed by atoms with Crippen LogP contribution in [0.15, 0.2) is 42.5 Å². The fourth-order valence-corrected chi connectivity index (χ4v) is 2.16. The Labute approximate surface area is 120 Å². The van der Waals surface area contributed by atoms with E-state index in [4.69, 9.17) is 16.3 Å². The number of benzene rings is 2. The average Bonchev–Trinajstić information content (AvgIpc) is 2.45. The quantitative estimate of drug-likeness (QED) is 0.695. The van der Waals surface area contributed by atoms with E-state index < -0.39 is 5.82 Å². The van der Waals surface area contributed by atoms with Gasteiger partial charge in [-0.05, 0) is 31.2 Å². The van der Waals surface area contributed by atoms with Crippen molar-refractivity contribution in [1.29, 1.82) is 0 Å². The maximum Gasteiger partial charge on any atom is 0.246 e. The van der Waals surface area contributed by atoms with Gasteiger partial charge in [-0.1, -0.05) is 29.8 Å². The lowest BCUT2D eigenvalue weighted by Crippen LogP contribution is -1.95. The smallest absolute Gasteiger partial charge is 0.246 e. The van der Waals surface area contributed by atoms with Crippen LogP contribution in [0, 0.1) is 12.7 Å². The molecule has 0 unspecified atom stereocenters. The SMILES string of the molecule is Cc1nnc(Oc2ccc(F)cc2Cl)c2ccccc12. The Kier molecular flexibility index (Phi) is 3.24. The summed E-state index contributed by atoms with van der Waals surface area (Å²) in [5, 5.41) is 10.1. The van der Waals surface area contributed by atoms with E-state index in [-0.39, 0.29) is 5.02 Å². The van der Waals surface area contributed by atoms with Crippen LogP contribution in [-0.2, 0) is 0 Å². The normalized spacial score (nSPS) is 10.8. The third-order valence-electron chi connectivity index (χ3n) is 2.94. The van der Waals surface area contributed by atoms with Gasteiger partial charge in [0.05, 0.1) is 10.7 Å². The fourth-order valence-electron chi connectivity index (χ4n) is 1.95. The van der Waals surface area contributed by atoms with Crippen LogP contribution in [0.4, 0.5) is 4.39 Å². The predicted molar refractivity (Wildman–Crippen MR) is 75.8 cm³/mol. The van der Waals surface area contributed by atoms with Gasteiger partial charge >= 0.3 is 0 Å². The lowest BCUT2D eigenvalue weighted by Gasteiger charge is -2.09. The Morgan fingerprint density at radius 1 is 1.05 bits per heavy atom. The summed E-state index contributed by atoms with van der Waals surface area (Å²) in [6.45, 7) is 1.88. The molecule has 3 aromatic rings. The highest BCUT2D eigenvalue weighted by atomic mass is 35.5. The van der Waals surface area contributed by atoms with Gasteiger partial charge in [0.25, 0.3) is 0 Å². The molecule has 0 spiro atoms. The van der Waals surface area contributed by atoms with Gasteiger partial charge in [-0.3, -0.25) is 0 Å². The molecule has 0 N–H and O–H groups in total. The number of rotatable bonds is 2. The van der Waals surface area contributed by atoms with Gasteiger partial charge in [0.2, 0.25) is 5.88 Å². The van der Waals surface area contributed by atoms with Crippen LogP contribution in [0.2, 0.25) is 5.02 Å². The van der Waals surface area contributed by atoms with Crippen LogP contribution in [-0.4, -0.2) is 10.2 Å². The van der Waals surface area contributed by atoms with E-state index in [1.807, 2.05) is 31.2 Å². The number of aromatic nitrogens is 2. The molecular formula is C15H10ClFN2O. The van der Waals surface area contributed by atoms with Crippen molar-refractivity contribution in [3.63, 3.8) is 0 Å². The Hall–Kier alpha value is -2.20. The number of halogens is 2. The predicted octanol–water partition coefficient (Wildman–Crippen LogP) is 4.52. The molecular weight excluding hydrogens is 279 g/mol. The van der Waals surface area contributed by atoms with Crippen molar-refractivity contribution in [2.45, 2.75) is 6.92 Å². The maximum absolute atomic E-state index is 13.0. The van der Waals surface area contributed by atoms with E-state index in [1.54, 1.807) is 0 Å². The molecule has 0 bridgehead atoms. The van der Waals surface area contributed by atoms with E-state index in [2.05, 4.69) is 10.2 Å². The largest absolute Gasteiger partial charge is 0.435 e. The van der Waals surface area contributed by atoms with Crippen molar-refractivity contribution in [2.75, 3.05) is 0 Å². The second-order valence-corrected chi connectivity index (χ2v) is 4.72. The molecule has 0 radical (unpaired) electrons. The van der Waals surface area contributed by atoms with Gasteiger partial charge in [0, 0.05) is 10.8 Å². The summed E-state index contributed by atoms with van der Waals surface area (Å²) in [6, 6.07) is 11.6. The molecule has 0 aliphatic heterocycles. The van der Waals surface area contributed by atoms with Gasteiger partial charge in [0.1, 0.15) is 11.6 Å². The molecule has 3 nitrogen and oxygen atoms in total. The molecule has 0 amide bonds. The molecule has 2 aromatic carbocycles. The Morgan fingerprint density at radius 2 is 1.80 bits per heavy atom. The average molecular weight is 289 g/mol. The summed E-state index contributed by atoms with van der Waals surface area (Å²) < 4.78 is 18.7. The molecule has 0 saturated heterocycles. The van der Waals surface area contributed by atoms with Crippen LogP contribution in [0.1, 0.15) is 5.69 Å². The van der Waals surface area contributed by atoms with E-state index >= 15 is 0 Å². The molecule has 5 heteroatoms. The number of hydrogen-bond donors (Lipinski definition) is 0. The molecule has 0 fully saturated rings. The fraction of sp³-hybridized carbons (Fsp3) is 0.0667. The van der Waals surface area contributed by atoms with Crippen LogP contribution in [0.5, 0.6) is 11.6 Å². The topological polar surface area (TPSA) is 35.0 Å². The molecule has 0 aliphatic carbocycles. The molecule has 0 aliphatic rings. The van der Waals surface area contributed by atoms with Gasteiger partial charge in [0.15, 0.2) is 0 Å². The number of ether oxygens (including phenoxy) is 1. The summed E-state index contributed by atoms with van der Waals surface area (Å²) in [7, 11) is 0. The molecule has 1 heterocycles. The minimum Gasteiger partial charge on any atom is -0.435 e. The molecule has 3 rings (SSSR count). The molecule has 0 atom stereocenters. The Morgan fingerprint density at radius 3 is 2.55 bits per heavy atom. The zero-order chi connectivity index (χ0) is 14.1. The Bertz CT molecular complexity index is 792. The molecule has 20 heavy (non-hydrogen) atoms. The standard InChI is InChI=1S/C15H10ClFN2O/c1-9-11-4-2-3-5-12(11)15(19-18-9)20-14-7-6-10(17)8-13(14)16/h2-8H,1H3. The summed E-state index contributed by atoms with van der Waals surface area (Å²) >= 11 is 5.95. The number of fused-ring (bicyclic) bond motifs is 1. The molecule has 100 valence electrons. The minimum absolute atomic E-state index is 0.191. The first-order chi connectivity index (χ1) is 9.65. The second-order valence-electron chi connectivity index (χ2n) is 4.31. The molecule has 0 saturated carbocycles. The highest BCUT2D eigenvalue weighted by Crippen LogP contribution is 2.32. The van der Waals surface area contributed by atoms with Gasteiger partial charge < -0.3 is 4.74 Å².